The van der Waals surface area contributed by atoms with Crippen LogP contribution in [0.2, 0.25) is 0 Å². The molecular weight excluding hydrogens is 603 g/mol. The summed E-state index contributed by atoms with van der Waals surface area (Å²) in [6.07, 6.45) is 25.3. The molecule has 4 nitrogen and oxygen atoms in total. The van der Waals surface area contributed by atoms with Crippen LogP contribution in [0, 0.1) is 13.8 Å². The van der Waals surface area contributed by atoms with Crippen molar-refractivity contribution < 1.29 is 19.8 Å². The van der Waals surface area contributed by atoms with Gasteiger partial charge in [-0.25, -0.2) is 0 Å². The van der Waals surface area contributed by atoms with E-state index in [1.165, 1.54) is 96.3 Å². The van der Waals surface area contributed by atoms with Crippen LogP contribution in [-0.4, -0.2) is 35.8 Å². The molecule has 0 saturated heterocycles. The molecule has 1 aromatic carbocycles. The number of carbonyl (C=O) groups is 2. The monoisotopic (exact) mass is 666 g/mol. The second-order valence-electron chi connectivity index (χ2n) is 10.1. The summed E-state index contributed by atoms with van der Waals surface area (Å²) in [5.41, 5.74) is 1.37. The molecule has 0 atom stereocenters. The molecule has 0 bridgehead atoms. The smallest absolute Gasteiger partial charge is 0.550 e. The quantitative estimate of drug-likeness (QED) is 0.103. The maximum Gasteiger partial charge on any atom is 2.00 e. The van der Waals surface area contributed by atoms with Crippen molar-refractivity contribution in [3.8, 4) is 0 Å². The van der Waals surface area contributed by atoms with E-state index in [4.69, 9.17) is 0 Å². The summed E-state index contributed by atoms with van der Waals surface area (Å²) in [4.78, 5) is 20.5. The minimum atomic E-state index is -1.12. The molecule has 5 heteroatoms. The maximum atomic E-state index is 10.3. The molecule has 0 aromatic heterocycles. The zero-order valence-electron chi connectivity index (χ0n) is 26.7. The van der Waals surface area contributed by atoms with Gasteiger partial charge in [0.05, 0.1) is 5.97 Å². The standard InChI is InChI=1S/C18H36O2.C9H10O2.2C4H9.Sn/c1-2-3-4-5-6-7-8-9-10-11-12-13-14-15-16-17-18(19)20;1-2-7-3-5-8(6-4-7)9(10)11;2*1-3-4-2;/h2-17H2,1H3,(H,19,20);3-6H,2H2,1H3,(H,10,11);2*1,3-4H2,2H3;/q;;;;+2/p-2. The number of hydrogen-bond acceptors (Lipinski definition) is 4. The predicted octanol–water partition coefficient (Wildman–Crippen LogP) is 8.47. The number of aliphatic carboxylic acids is 1. The summed E-state index contributed by atoms with van der Waals surface area (Å²) in [6.45, 7) is 15.7. The number of aromatic carboxylic acids is 1. The fraction of sp³-hybridized carbons (Fsp3) is 0.714. The largest absolute Gasteiger partial charge is 2.00 e. The van der Waals surface area contributed by atoms with Gasteiger partial charge in [-0.3, -0.25) is 0 Å². The molecule has 0 spiro atoms. The number of aryl methyl sites for hydroxylation is 1. The van der Waals surface area contributed by atoms with Gasteiger partial charge in [0.1, 0.15) is 0 Å². The van der Waals surface area contributed by atoms with Crippen LogP contribution in [0.5, 0.6) is 0 Å². The third-order valence-electron chi connectivity index (χ3n) is 6.29. The van der Waals surface area contributed by atoms with E-state index in [1.54, 1.807) is 24.3 Å². The summed E-state index contributed by atoms with van der Waals surface area (Å²) in [5.74, 6) is -2.02. The Morgan fingerprint density at radius 1 is 0.575 bits per heavy atom. The molecule has 4 radical (unpaired) electrons. The van der Waals surface area contributed by atoms with E-state index in [0.29, 0.717) is 0 Å². The van der Waals surface area contributed by atoms with Gasteiger partial charge in [-0.15, -0.1) is 0 Å². The van der Waals surface area contributed by atoms with Crippen molar-refractivity contribution in [2.75, 3.05) is 0 Å². The average Bonchev–Trinajstić information content (AvgIpc) is 2.95. The van der Waals surface area contributed by atoms with Gasteiger partial charge >= 0.3 is 23.9 Å². The first-order chi connectivity index (χ1) is 18.8. The summed E-state index contributed by atoms with van der Waals surface area (Å²) >= 11 is 0. The summed E-state index contributed by atoms with van der Waals surface area (Å²) in [7, 11) is 0. The SMILES string of the molecule is CCCCCCCCCCCCCCCCCC(=O)[O-].CCc1ccc(C(=O)[O-])cc1.[CH2]CCC.[CH2]CCC.[Sn+2]. The Bertz CT molecular complexity index is 608. The van der Waals surface area contributed by atoms with Crippen molar-refractivity contribution in [3.63, 3.8) is 0 Å². The molecule has 0 aliphatic heterocycles. The molecule has 1 aromatic rings. The van der Waals surface area contributed by atoms with Crippen molar-refractivity contribution in [2.24, 2.45) is 0 Å². The Morgan fingerprint density at radius 3 is 1.15 bits per heavy atom. The van der Waals surface area contributed by atoms with Crippen LogP contribution in [-0.2, 0) is 11.2 Å². The van der Waals surface area contributed by atoms with Gasteiger partial charge in [0.25, 0.3) is 0 Å². The number of rotatable bonds is 20. The second kappa shape index (κ2) is 40.1. The van der Waals surface area contributed by atoms with Crippen molar-refractivity contribution in [3.05, 3.63) is 49.2 Å². The number of unbranched alkanes of at least 4 members (excludes halogenated alkanes) is 16. The van der Waals surface area contributed by atoms with Crippen molar-refractivity contribution in [2.45, 2.75) is 163 Å². The van der Waals surface area contributed by atoms with E-state index in [2.05, 4.69) is 34.6 Å². The van der Waals surface area contributed by atoms with E-state index in [0.717, 1.165) is 37.7 Å². The topological polar surface area (TPSA) is 80.3 Å². The summed E-state index contributed by atoms with van der Waals surface area (Å²) < 4.78 is 0. The van der Waals surface area contributed by atoms with Gasteiger partial charge < -0.3 is 19.8 Å². The fourth-order valence-corrected chi connectivity index (χ4v) is 3.52. The molecule has 0 amide bonds. The van der Waals surface area contributed by atoms with Crippen LogP contribution < -0.4 is 10.2 Å². The van der Waals surface area contributed by atoms with Gasteiger partial charge in [-0.1, -0.05) is 181 Å². The van der Waals surface area contributed by atoms with E-state index in [9.17, 15) is 19.8 Å². The number of carbonyl (C=O) groups excluding carboxylic acids is 2. The minimum Gasteiger partial charge on any atom is -0.550 e. The molecule has 0 unspecified atom stereocenters. The summed E-state index contributed by atoms with van der Waals surface area (Å²) in [6, 6.07) is 6.72. The first kappa shape index (κ1) is 45.9. The third-order valence-corrected chi connectivity index (χ3v) is 6.29. The van der Waals surface area contributed by atoms with Gasteiger partial charge in [0.2, 0.25) is 0 Å². The second-order valence-corrected chi connectivity index (χ2v) is 10.1. The molecular formula is C35H62O4Sn. The number of carboxylic acid groups (broad SMARTS) is 2. The van der Waals surface area contributed by atoms with Crippen LogP contribution in [0.25, 0.3) is 0 Å². The molecule has 0 saturated carbocycles. The Kier molecular flexibility index (Phi) is 46.0. The Hall–Kier alpha value is -1.04. The maximum absolute atomic E-state index is 10.3. The molecule has 0 aliphatic rings. The predicted molar refractivity (Wildman–Crippen MR) is 171 cm³/mol. The molecule has 0 heterocycles. The zero-order valence-corrected chi connectivity index (χ0v) is 29.6. The number of benzene rings is 1. The first-order valence-electron chi connectivity index (χ1n) is 15.9. The van der Waals surface area contributed by atoms with Crippen molar-refractivity contribution in [1.82, 2.24) is 0 Å². The van der Waals surface area contributed by atoms with Crippen LogP contribution in [0.15, 0.2) is 24.3 Å². The zero-order chi connectivity index (χ0) is 30.0. The fourth-order valence-electron chi connectivity index (χ4n) is 3.52. The van der Waals surface area contributed by atoms with Crippen molar-refractivity contribution >= 4 is 35.8 Å². The normalized spacial score (nSPS) is 9.55. The first-order valence-corrected chi connectivity index (χ1v) is 15.9. The number of carboxylic acids is 2. The van der Waals surface area contributed by atoms with E-state index >= 15 is 0 Å². The van der Waals surface area contributed by atoms with Gasteiger partial charge in [-0.05, 0) is 30.4 Å². The van der Waals surface area contributed by atoms with Gasteiger partial charge in [0, 0.05) is 5.97 Å². The molecule has 0 N–H and O–H groups in total. The third kappa shape index (κ3) is 41.4. The Morgan fingerprint density at radius 2 is 0.900 bits per heavy atom. The molecule has 40 heavy (non-hydrogen) atoms. The van der Waals surface area contributed by atoms with Gasteiger partial charge in [0.15, 0.2) is 0 Å². The van der Waals surface area contributed by atoms with Crippen molar-refractivity contribution in [1.29, 1.82) is 0 Å². The van der Waals surface area contributed by atoms with Crippen LogP contribution >= 0.6 is 0 Å². The summed E-state index contributed by atoms with van der Waals surface area (Å²) in [5, 5.41) is 20.5. The van der Waals surface area contributed by atoms with Gasteiger partial charge in [-0.2, -0.15) is 0 Å². The molecule has 0 fully saturated rings. The van der Waals surface area contributed by atoms with E-state index in [-0.39, 0.29) is 35.9 Å². The van der Waals surface area contributed by atoms with E-state index < -0.39 is 11.9 Å². The average molecular weight is 666 g/mol. The molecule has 1 rings (SSSR count). The minimum absolute atomic E-state index is 0. The van der Waals surface area contributed by atoms with E-state index in [1.807, 2.05) is 6.92 Å². The van der Waals surface area contributed by atoms with Crippen LogP contribution in [0.1, 0.15) is 172 Å². The Balaban J connectivity index is -0.000000269. The van der Waals surface area contributed by atoms with Crippen LogP contribution in [0.4, 0.5) is 0 Å². The molecule has 0 aliphatic carbocycles. The number of hydrogen-bond donors (Lipinski definition) is 0. The Labute approximate surface area is 266 Å². The molecule has 230 valence electrons. The van der Waals surface area contributed by atoms with Crippen LogP contribution in [0.3, 0.4) is 0 Å².